The average Bonchev–Trinajstić information content (AvgIpc) is 3.40. The van der Waals surface area contributed by atoms with E-state index in [2.05, 4.69) is 4.90 Å². The Morgan fingerprint density at radius 2 is 1.75 bits per heavy atom. The molecule has 0 aliphatic carbocycles. The van der Waals surface area contributed by atoms with Crippen LogP contribution < -0.4 is 4.90 Å². The second kappa shape index (κ2) is 11.5. The Hall–Kier alpha value is -2.86. The predicted molar refractivity (Wildman–Crippen MR) is 149 cm³/mol. The van der Waals surface area contributed by atoms with Crippen LogP contribution in [0.1, 0.15) is 47.2 Å². The normalized spacial score (nSPS) is 17.0. The lowest BCUT2D eigenvalue weighted by atomic mass is 10.0. The number of thioether (sulfide) groups is 1. The van der Waals surface area contributed by atoms with Gasteiger partial charge in [0.15, 0.2) is 5.78 Å². The Morgan fingerprint density at radius 3 is 2.53 bits per heavy atom. The van der Waals surface area contributed by atoms with Crippen molar-refractivity contribution in [2.45, 2.75) is 37.1 Å². The molecule has 3 aromatic rings. The van der Waals surface area contributed by atoms with E-state index in [0.29, 0.717) is 22.9 Å². The minimum Gasteiger partial charge on any atom is -0.303 e. The maximum absolute atomic E-state index is 13.5. The van der Waals surface area contributed by atoms with Gasteiger partial charge in [0, 0.05) is 21.9 Å². The summed E-state index contributed by atoms with van der Waals surface area (Å²) in [6, 6.07) is 23.2. The highest BCUT2D eigenvalue weighted by molar-refractivity contribution is 8.04. The summed E-state index contributed by atoms with van der Waals surface area (Å²) in [6.07, 6.45) is 5.93. The van der Waals surface area contributed by atoms with Crippen LogP contribution in [0.3, 0.4) is 0 Å². The van der Waals surface area contributed by atoms with Crippen molar-refractivity contribution in [1.29, 1.82) is 0 Å². The SMILES string of the molecule is O=C(CCCN1CCCC1)c1ccc(/C=C2/Sc3ccccc3N(Cc3cccc(Cl)c3)C2=O)cc1. The number of rotatable bonds is 8. The van der Waals surface area contributed by atoms with Gasteiger partial charge >= 0.3 is 0 Å². The van der Waals surface area contributed by atoms with Gasteiger partial charge in [-0.1, -0.05) is 71.9 Å². The fourth-order valence-electron chi connectivity index (χ4n) is 4.77. The van der Waals surface area contributed by atoms with E-state index in [1.165, 1.54) is 24.6 Å². The quantitative estimate of drug-likeness (QED) is 0.237. The largest absolute Gasteiger partial charge is 0.303 e. The number of benzene rings is 3. The molecule has 2 aliphatic heterocycles. The number of hydrogen-bond donors (Lipinski definition) is 0. The van der Waals surface area contributed by atoms with E-state index in [-0.39, 0.29) is 11.7 Å². The van der Waals surface area contributed by atoms with Gasteiger partial charge in [0.05, 0.1) is 17.1 Å². The molecule has 3 aromatic carbocycles. The number of para-hydroxylation sites is 1. The van der Waals surface area contributed by atoms with Crippen LogP contribution in [0.4, 0.5) is 5.69 Å². The average molecular weight is 517 g/mol. The fourth-order valence-corrected chi connectivity index (χ4v) is 6.04. The molecule has 5 rings (SSSR count). The van der Waals surface area contributed by atoms with Gasteiger partial charge in [-0.2, -0.15) is 0 Å². The number of carbonyl (C=O) groups excluding carboxylic acids is 2. The van der Waals surface area contributed by atoms with E-state index in [9.17, 15) is 9.59 Å². The standard InChI is InChI=1S/C30H29ClN2O2S/c31-25-8-5-7-23(19-25)21-33-26-9-1-2-11-28(26)36-29(30(33)35)20-22-12-14-24(15-13-22)27(34)10-6-18-32-16-3-4-17-32/h1-2,5,7-9,11-15,19-20H,3-4,6,10,16-18,21H2/b29-20+. The molecule has 0 spiro atoms. The highest BCUT2D eigenvalue weighted by Gasteiger charge is 2.29. The molecule has 0 atom stereocenters. The topological polar surface area (TPSA) is 40.6 Å². The minimum atomic E-state index is -0.0410. The first-order valence-corrected chi connectivity index (χ1v) is 13.7. The third-order valence-corrected chi connectivity index (χ3v) is 7.98. The van der Waals surface area contributed by atoms with Crippen molar-refractivity contribution in [3.63, 3.8) is 0 Å². The number of hydrogen-bond acceptors (Lipinski definition) is 4. The molecule has 0 unspecified atom stereocenters. The Kier molecular flexibility index (Phi) is 7.90. The molecule has 184 valence electrons. The van der Waals surface area contributed by atoms with Crippen LogP contribution in [0, 0.1) is 0 Å². The van der Waals surface area contributed by atoms with Crippen molar-refractivity contribution in [2.24, 2.45) is 0 Å². The first-order chi connectivity index (χ1) is 17.6. The lowest BCUT2D eigenvalue weighted by molar-refractivity contribution is -0.114. The smallest absolute Gasteiger partial charge is 0.265 e. The summed E-state index contributed by atoms with van der Waals surface area (Å²) in [5.41, 5.74) is 3.51. The van der Waals surface area contributed by atoms with Crippen LogP contribution in [-0.2, 0) is 11.3 Å². The van der Waals surface area contributed by atoms with Crippen molar-refractivity contribution in [1.82, 2.24) is 4.90 Å². The van der Waals surface area contributed by atoms with Gasteiger partial charge in [-0.3, -0.25) is 9.59 Å². The number of nitrogens with zero attached hydrogens (tertiary/aromatic N) is 2. The van der Waals surface area contributed by atoms with Crippen LogP contribution >= 0.6 is 23.4 Å². The fraction of sp³-hybridized carbons (Fsp3) is 0.267. The van der Waals surface area contributed by atoms with Gasteiger partial charge in [0.2, 0.25) is 0 Å². The summed E-state index contributed by atoms with van der Waals surface area (Å²) < 4.78 is 0. The Morgan fingerprint density at radius 1 is 0.972 bits per heavy atom. The molecule has 1 fully saturated rings. The summed E-state index contributed by atoms with van der Waals surface area (Å²) in [4.78, 5) is 32.1. The van der Waals surface area contributed by atoms with Gasteiger partial charge in [0.1, 0.15) is 0 Å². The maximum atomic E-state index is 13.5. The Balaban J connectivity index is 1.30. The molecule has 0 saturated carbocycles. The lowest BCUT2D eigenvalue weighted by Gasteiger charge is -2.30. The van der Waals surface area contributed by atoms with Crippen LogP contribution in [0.5, 0.6) is 0 Å². The Bertz CT molecular complexity index is 1280. The number of anilines is 1. The van der Waals surface area contributed by atoms with Crippen LogP contribution in [-0.4, -0.2) is 36.2 Å². The number of carbonyl (C=O) groups is 2. The summed E-state index contributed by atoms with van der Waals surface area (Å²) >= 11 is 7.67. The summed E-state index contributed by atoms with van der Waals surface area (Å²) in [6.45, 7) is 3.77. The molecule has 0 bridgehead atoms. The first kappa shape index (κ1) is 24.8. The van der Waals surface area contributed by atoms with E-state index in [4.69, 9.17) is 11.6 Å². The van der Waals surface area contributed by atoms with E-state index in [0.717, 1.165) is 53.3 Å². The lowest BCUT2D eigenvalue weighted by Crippen LogP contribution is -2.33. The van der Waals surface area contributed by atoms with Crippen molar-refractivity contribution >= 4 is 46.8 Å². The molecule has 2 heterocycles. The number of amides is 1. The van der Waals surface area contributed by atoms with E-state index in [1.54, 1.807) is 0 Å². The third-order valence-electron chi connectivity index (χ3n) is 6.67. The molecule has 1 saturated heterocycles. The van der Waals surface area contributed by atoms with Crippen molar-refractivity contribution in [3.05, 3.63) is 99.4 Å². The summed E-state index contributed by atoms with van der Waals surface area (Å²) in [5, 5.41) is 0.654. The molecular formula is C30H29ClN2O2S. The van der Waals surface area contributed by atoms with Crippen LogP contribution in [0.15, 0.2) is 82.6 Å². The number of likely N-dealkylation sites (tertiary alicyclic amines) is 1. The van der Waals surface area contributed by atoms with E-state index in [1.807, 2.05) is 83.8 Å². The van der Waals surface area contributed by atoms with Gasteiger partial charge in [-0.15, -0.1) is 0 Å². The molecule has 2 aliphatic rings. The van der Waals surface area contributed by atoms with Crippen molar-refractivity contribution < 1.29 is 9.59 Å². The molecule has 0 aromatic heterocycles. The highest BCUT2D eigenvalue weighted by atomic mass is 35.5. The predicted octanol–water partition coefficient (Wildman–Crippen LogP) is 7.08. The van der Waals surface area contributed by atoms with Crippen molar-refractivity contribution in [2.75, 3.05) is 24.5 Å². The molecule has 4 nitrogen and oxygen atoms in total. The summed E-state index contributed by atoms with van der Waals surface area (Å²) in [7, 11) is 0. The number of Topliss-reactive ketones (excluding diaryl/α,β-unsaturated/α-hetero) is 1. The molecule has 0 N–H and O–H groups in total. The number of fused-ring (bicyclic) bond motifs is 1. The zero-order valence-electron chi connectivity index (χ0n) is 20.2. The highest BCUT2D eigenvalue weighted by Crippen LogP contribution is 2.42. The van der Waals surface area contributed by atoms with Gasteiger partial charge in [-0.25, -0.2) is 0 Å². The van der Waals surface area contributed by atoms with Gasteiger partial charge in [0.25, 0.3) is 5.91 Å². The molecule has 6 heteroatoms. The van der Waals surface area contributed by atoms with E-state index >= 15 is 0 Å². The number of ketones is 1. The molecule has 0 radical (unpaired) electrons. The van der Waals surface area contributed by atoms with E-state index < -0.39 is 0 Å². The third kappa shape index (κ3) is 5.92. The number of halogens is 1. The zero-order valence-corrected chi connectivity index (χ0v) is 21.7. The summed E-state index contributed by atoms with van der Waals surface area (Å²) in [5.74, 6) is 0.138. The maximum Gasteiger partial charge on any atom is 0.265 e. The van der Waals surface area contributed by atoms with Gasteiger partial charge < -0.3 is 9.80 Å². The monoisotopic (exact) mass is 516 g/mol. The Labute approximate surface area is 221 Å². The van der Waals surface area contributed by atoms with Crippen molar-refractivity contribution in [3.8, 4) is 0 Å². The van der Waals surface area contributed by atoms with Crippen LogP contribution in [0.2, 0.25) is 5.02 Å². The minimum absolute atomic E-state index is 0.0410. The zero-order chi connectivity index (χ0) is 24.9. The molecule has 1 amide bonds. The first-order valence-electron chi connectivity index (χ1n) is 12.5. The molecule has 36 heavy (non-hydrogen) atoms. The van der Waals surface area contributed by atoms with Gasteiger partial charge in [-0.05, 0) is 80.4 Å². The van der Waals surface area contributed by atoms with Crippen LogP contribution in [0.25, 0.3) is 6.08 Å². The second-order valence-corrected chi connectivity index (χ2v) is 10.8. The molecular weight excluding hydrogens is 488 g/mol. The second-order valence-electron chi connectivity index (χ2n) is 9.30.